The third kappa shape index (κ3) is 2.18. The molecule has 3 heteroatoms. The molecular formula is C13H11N3. The molecule has 2 rings (SSSR count). The van der Waals surface area contributed by atoms with E-state index in [4.69, 9.17) is 5.26 Å². The summed E-state index contributed by atoms with van der Waals surface area (Å²) in [4.78, 5) is 4.16. The summed E-state index contributed by atoms with van der Waals surface area (Å²) in [6.07, 6.45) is 0. The van der Waals surface area contributed by atoms with E-state index in [1.807, 2.05) is 49.4 Å². The molecule has 1 heterocycles. The monoisotopic (exact) mass is 209 g/mol. The van der Waals surface area contributed by atoms with Crippen LogP contribution in [-0.2, 0) is 0 Å². The first-order valence-corrected chi connectivity index (χ1v) is 4.99. The Balaban J connectivity index is 2.28. The Morgan fingerprint density at radius 1 is 1.12 bits per heavy atom. The highest BCUT2D eigenvalue weighted by Gasteiger charge is 1.99. The zero-order valence-electron chi connectivity index (χ0n) is 8.94. The van der Waals surface area contributed by atoms with Gasteiger partial charge in [-0.05, 0) is 30.7 Å². The summed E-state index contributed by atoms with van der Waals surface area (Å²) < 4.78 is 0. The van der Waals surface area contributed by atoms with Crippen molar-refractivity contribution in [3.63, 3.8) is 0 Å². The molecule has 0 aliphatic heterocycles. The van der Waals surface area contributed by atoms with E-state index in [0.717, 1.165) is 11.3 Å². The molecule has 0 saturated heterocycles. The van der Waals surface area contributed by atoms with E-state index in [1.54, 1.807) is 6.07 Å². The van der Waals surface area contributed by atoms with E-state index in [2.05, 4.69) is 10.3 Å². The number of anilines is 2. The van der Waals surface area contributed by atoms with Gasteiger partial charge in [0.15, 0.2) is 0 Å². The molecule has 1 aromatic heterocycles. The van der Waals surface area contributed by atoms with Crippen LogP contribution in [0.5, 0.6) is 0 Å². The predicted molar refractivity (Wildman–Crippen MR) is 63.4 cm³/mol. The fourth-order valence-electron chi connectivity index (χ4n) is 1.42. The summed E-state index contributed by atoms with van der Waals surface area (Å²) in [5.41, 5.74) is 2.57. The van der Waals surface area contributed by atoms with Crippen molar-refractivity contribution in [1.82, 2.24) is 4.98 Å². The minimum Gasteiger partial charge on any atom is -0.340 e. The van der Waals surface area contributed by atoms with Gasteiger partial charge in [-0.25, -0.2) is 4.98 Å². The Kier molecular flexibility index (Phi) is 2.84. The highest BCUT2D eigenvalue weighted by atomic mass is 15.0. The number of nitrogens with one attached hydrogen (secondary N) is 1. The molecule has 16 heavy (non-hydrogen) atoms. The zero-order valence-corrected chi connectivity index (χ0v) is 8.94. The Labute approximate surface area is 94.4 Å². The van der Waals surface area contributed by atoms with Crippen molar-refractivity contribution >= 4 is 11.5 Å². The molecule has 1 aromatic carbocycles. The second-order valence-corrected chi connectivity index (χ2v) is 3.46. The van der Waals surface area contributed by atoms with Gasteiger partial charge in [-0.15, -0.1) is 0 Å². The molecule has 3 nitrogen and oxygen atoms in total. The van der Waals surface area contributed by atoms with Gasteiger partial charge < -0.3 is 5.32 Å². The third-order valence-electron chi connectivity index (χ3n) is 2.27. The molecule has 0 bridgehead atoms. The van der Waals surface area contributed by atoms with E-state index < -0.39 is 0 Å². The standard InChI is InChI=1S/C13H11N3/c1-10-5-2-3-7-12(10)16-13-8-4-6-11(9-14)15-13/h2-8H,1H3,(H,15,16). The van der Waals surface area contributed by atoms with Gasteiger partial charge in [0.2, 0.25) is 0 Å². The molecule has 0 saturated carbocycles. The highest BCUT2D eigenvalue weighted by molar-refractivity contribution is 5.60. The minimum atomic E-state index is 0.415. The number of nitriles is 1. The van der Waals surface area contributed by atoms with Gasteiger partial charge in [-0.3, -0.25) is 0 Å². The van der Waals surface area contributed by atoms with Crippen molar-refractivity contribution < 1.29 is 0 Å². The Morgan fingerprint density at radius 3 is 2.69 bits per heavy atom. The Morgan fingerprint density at radius 2 is 1.94 bits per heavy atom. The smallest absolute Gasteiger partial charge is 0.142 e. The first-order chi connectivity index (χ1) is 7.79. The average molecular weight is 209 g/mol. The second-order valence-electron chi connectivity index (χ2n) is 3.46. The number of benzene rings is 1. The number of rotatable bonds is 2. The van der Waals surface area contributed by atoms with Crippen LogP contribution in [0.3, 0.4) is 0 Å². The Hall–Kier alpha value is -2.34. The van der Waals surface area contributed by atoms with E-state index in [-0.39, 0.29) is 0 Å². The van der Waals surface area contributed by atoms with Gasteiger partial charge in [-0.2, -0.15) is 5.26 Å². The van der Waals surface area contributed by atoms with Crippen LogP contribution >= 0.6 is 0 Å². The molecule has 2 aromatic rings. The van der Waals surface area contributed by atoms with Crippen molar-refractivity contribution in [1.29, 1.82) is 5.26 Å². The maximum atomic E-state index is 8.74. The van der Waals surface area contributed by atoms with Crippen LogP contribution in [-0.4, -0.2) is 4.98 Å². The molecule has 78 valence electrons. The van der Waals surface area contributed by atoms with Crippen molar-refractivity contribution in [2.24, 2.45) is 0 Å². The fraction of sp³-hybridized carbons (Fsp3) is 0.0769. The quantitative estimate of drug-likeness (QED) is 0.827. The highest BCUT2D eigenvalue weighted by Crippen LogP contribution is 2.18. The number of hydrogen-bond acceptors (Lipinski definition) is 3. The summed E-state index contributed by atoms with van der Waals surface area (Å²) >= 11 is 0. The lowest BCUT2D eigenvalue weighted by molar-refractivity contribution is 1.25. The number of pyridine rings is 1. The molecule has 0 aliphatic carbocycles. The average Bonchev–Trinajstić information content (AvgIpc) is 2.32. The third-order valence-corrected chi connectivity index (χ3v) is 2.27. The molecule has 0 atom stereocenters. The summed E-state index contributed by atoms with van der Waals surface area (Å²) in [7, 11) is 0. The van der Waals surface area contributed by atoms with Crippen molar-refractivity contribution in [3.05, 3.63) is 53.7 Å². The molecule has 0 aliphatic rings. The van der Waals surface area contributed by atoms with Crippen LogP contribution in [0.4, 0.5) is 11.5 Å². The van der Waals surface area contributed by atoms with Crippen LogP contribution in [0, 0.1) is 18.3 Å². The van der Waals surface area contributed by atoms with Gasteiger partial charge in [-0.1, -0.05) is 24.3 Å². The lowest BCUT2D eigenvalue weighted by atomic mass is 10.2. The number of para-hydroxylation sites is 1. The predicted octanol–water partition coefficient (Wildman–Crippen LogP) is 3.01. The topological polar surface area (TPSA) is 48.7 Å². The van der Waals surface area contributed by atoms with Gasteiger partial charge in [0.05, 0.1) is 0 Å². The lowest BCUT2D eigenvalue weighted by Gasteiger charge is -2.08. The maximum Gasteiger partial charge on any atom is 0.142 e. The van der Waals surface area contributed by atoms with Crippen LogP contribution < -0.4 is 5.32 Å². The molecule has 0 unspecified atom stereocenters. The van der Waals surface area contributed by atoms with Crippen molar-refractivity contribution in [3.8, 4) is 6.07 Å². The second kappa shape index (κ2) is 4.45. The summed E-state index contributed by atoms with van der Waals surface area (Å²) in [5.74, 6) is 0.688. The molecule has 0 fully saturated rings. The fourth-order valence-corrected chi connectivity index (χ4v) is 1.42. The number of hydrogen-bond donors (Lipinski definition) is 1. The van der Waals surface area contributed by atoms with Crippen molar-refractivity contribution in [2.45, 2.75) is 6.92 Å². The van der Waals surface area contributed by atoms with E-state index >= 15 is 0 Å². The van der Waals surface area contributed by atoms with Gasteiger partial charge in [0, 0.05) is 5.69 Å². The van der Waals surface area contributed by atoms with Gasteiger partial charge in [0.25, 0.3) is 0 Å². The first-order valence-electron chi connectivity index (χ1n) is 4.99. The zero-order chi connectivity index (χ0) is 11.4. The van der Waals surface area contributed by atoms with E-state index in [1.165, 1.54) is 0 Å². The molecule has 0 spiro atoms. The SMILES string of the molecule is Cc1ccccc1Nc1cccc(C#N)n1. The van der Waals surface area contributed by atoms with Crippen LogP contribution in [0.1, 0.15) is 11.3 Å². The summed E-state index contributed by atoms with van der Waals surface area (Å²) in [6.45, 7) is 2.02. The largest absolute Gasteiger partial charge is 0.340 e. The summed E-state index contributed by atoms with van der Waals surface area (Å²) in [6, 6.07) is 15.3. The van der Waals surface area contributed by atoms with E-state index in [9.17, 15) is 0 Å². The molecule has 0 radical (unpaired) electrons. The van der Waals surface area contributed by atoms with Crippen LogP contribution in [0.15, 0.2) is 42.5 Å². The van der Waals surface area contributed by atoms with Gasteiger partial charge in [0.1, 0.15) is 17.6 Å². The number of nitrogens with zero attached hydrogens (tertiary/aromatic N) is 2. The van der Waals surface area contributed by atoms with Crippen molar-refractivity contribution in [2.75, 3.05) is 5.32 Å². The summed E-state index contributed by atoms with van der Waals surface area (Å²) in [5, 5.41) is 11.9. The minimum absolute atomic E-state index is 0.415. The normalized spacial score (nSPS) is 9.50. The number of aromatic nitrogens is 1. The lowest BCUT2D eigenvalue weighted by Crippen LogP contribution is -1.96. The molecule has 0 amide bonds. The number of aryl methyl sites for hydroxylation is 1. The van der Waals surface area contributed by atoms with Crippen LogP contribution in [0.25, 0.3) is 0 Å². The van der Waals surface area contributed by atoms with E-state index in [0.29, 0.717) is 11.5 Å². The maximum absolute atomic E-state index is 8.74. The van der Waals surface area contributed by atoms with Gasteiger partial charge >= 0.3 is 0 Å². The molecular weight excluding hydrogens is 198 g/mol. The van der Waals surface area contributed by atoms with Crippen LogP contribution in [0.2, 0.25) is 0 Å². The Bertz CT molecular complexity index is 541. The molecule has 1 N–H and O–H groups in total. The first kappa shape index (κ1) is 10.2.